The van der Waals surface area contributed by atoms with E-state index >= 15 is 0 Å². The van der Waals surface area contributed by atoms with Crippen molar-refractivity contribution in [2.45, 2.75) is 52.4 Å². The number of furan rings is 2. The third-order valence-electron chi connectivity index (χ3n) is 12.4. The molecule has 0 saturated carbocycles. The number of hydrogen-bond acceptors (Lipinski definition) is 5. The lowest BCUT2D eigenvalue weighted by atomic mass is 9.35. The van der Waals surface area contributed by atoms with Crippen LogP contribution < -0.4 is 26.4 Å². The lowest BCUT2D eigenvalue weighted by Crippen LogP contribution is -2.61. The van der Waals surface area contributed by atoms with Crippen molar-refractivity contribution in [2.75, 3.05) is 9.80 Å². The molecule has 0 radical (unpaired) electrons. The van der Waals surface area contributed by atoms with Crippen molar-refractivity contribution in [3.8, 4) is 22.9 Å². The average Bonchev–Trinajstić information content (AvgIpc) is 1.63. The molecule has 0 N–H and O–H groups in total. The van der Waals surface area contributed by atoms with Gasteiger partial charge in [0.1, 0.15) is 16.7 Å². The fraction of sp³-hybridized carbons (Fsp3) is 0.136. The molecule has 14 rings (SSSR count). The van der Waals surface area contributed by atoms with Crippen LogP contribution in [0, 0.1) is 11.3 Å². The lowest BCUT2D eigenvalue weighted by molar-refractivity contribution is 0.590. The van der Waals surface area contributed by atoms with Gasteiger partial charge < -0.3 is 23.2 Å². The highest BCUT2D eigenvalue weighted by atomic mass is 16.3. The Labute approximate surface area is 417 Å². The number of benzene rings is 8. The molecule has 0 fully saturated rings. The van der Waals surface area contributed by atoms with Crippen LogP contribution in [0.25, 0.3) is 71.5 Å². The molecule has 11 aromatic rings. The largest absolute Gasteiger partial charge is 0.468 e. The molecule has 0 saturated heterocycles. The Kier molecular flexibility index (Phi) is 3.93. The van der Waals surface area contributed by atoms with E-state index in [1.165, 1.54) is 9.47 Å². The number of hydrogen-bond donors (Lipinski definition) is 0. The Morgan fingerprint density at radius 1 is 0.530 bits per heavy atom. The first-order valence-electron chi connectivity index (χ1n) is 33.4. The monoisotopic (exact) mass is 876 g/mol. The molecule has 3 aromatic heterocycles. The molecule has 0 atom stereocenters. The second kappa shape index (κ2) is 12.6. The molecule has 314 valence electrons. The summed E-state index contributed by atoms with van der Waals surface area (Å²) >= 11 is 0. The van der Waals surface area contributed by atoms with E-state index in [9.17, 15) is 27.2 Å². The summed E-state index contributed by atoms with van der Waals surface area (Å²) in [4.78, 5) is 2.20. The minimum absolute atomic E-state index is 0.0431. The first kappa shape index (κ1) is 20.5. The summed E-state index contributed by atoms with van der Waals surface area (Å²) in [6.45, 7) is 8.52. The third kappa shape index (κ3) is 4.91. The molecule has 3 aliphatic rings. The molecule has 0 amide bonds. The van der Waals surface area contributed by atoms with Crippen molar-refractivity contribution in [1.29, 1.82) is 5.26 Å². The van der Waals surface area contributed by atoms with E-state index in [4.69, 9.17) is 21.2 Å². The van der Waals surface area contributed by atoms with Gasteiger partial charge in [0, 0.05) is 50.0 Å². The quantitative estimate of drug-likeness (QED) is 0.162. The highest BCUT2D eigenvalue weighted by Crippen LogP contribution is 2.54. The highest BCUT2D eigenvalue weighted by Gasteiger charge is 2.49. The number of nitriles is 1. The van der Waals surface area contributed by atoms with Gasteiger partial charge >= 0.3 is 0 Å². The minimum Gasteiger partial charge on any atom is -0.468 e. The van der Waals surface area contributed by atoms with E-state index < -0.39 is 229 Å². The van der Waals surface area contributed by atoms with Crippen molar-refractivity contribution in [1.82, 2.24) is 4.57 Å². The molecule has 0 spiro atoms. The fourth-order valence-electron chi connectivity index (χ4n) is 9.42. The number of fused-ring (bicyclic) bond motifs is 14. The van der Waals surface area contributed by atoms with Gasteiger partial charge in [-0.2, -0.15) is 5.26 Å². The number of para-hydroxylation sites is 2. The highest BCUT2D eigenvalue weighted by molar-refractivity contribution is 7.00. The molecule has 8 aromatic carbocycles. The first-order valence-corrected chi connectivity index (χ1v) is 20.9. The molecule has 6 heterocycles. The van der Waals surface area contributed by atoms with Crippen molar-refractivity contribution in [3.05, 3.63) is 168 Å². The predicted molar refractivity (Wildman–Crippen MR) is 273 cm³/mol. The molecule has 7 heteroatoms. The van der Waals surface area contributed by atoms with E-state index in [0.29, 0.717) is 0 Å². The molecular formula is C59H43BN4O2. The van der Waals surface area contributed by atoms with E-state index in [-0.39, 0.29) is 78.4 Å². The Bertz CT molecular complexity index is 5470. The topological polar surface area (TPSA) is 61.5 Å². The fourth-order valence-corrected chi connectivity index (χ4v) is 9.42. The van der Waals surface area contributed by atoms with Gasteiger partial charge in [0.25, 0.3) is 6.71 Å². The van der Waals surface area contributed by atoms with Crippen LogP contribution in [0.3, 0.4) is 0 Å². The molecule has 6 nitrogen and oxygen atoms in total. The second-order valence-corrected chi connectivity index (χ2v) is 18.4. The molecule has 66 heavy (non-hydrogen) atoms. The van der Waals surface area contributed by atoms with Gasteiger partial charge in [0.15, 0.2) is 0 Å². The maximum absolute atomic E-state index is 11.4. The van der Waals surface area contributed by atoms with Crippen molar-refractivity contribution < 1.29 is 43.1 Å². The predicted octanol–water partition coefficient (Wildman–Crippen LogP) is 14.0. The SMILES string of the molecule is [2H]c1c([2H])c([2H])c(-c2c([2H])c([2H])c3oc4c(c3c2[2H])N(c2c([2H])c([2H])c3c(oc5c([2H])c([2H])c([2H])c([2H])c53)c2[2H])c2c([2H])c(C#N)c([2H])c3c2B4c2c([2H])c([2H])c([2H])c4c2N3c2c([2H])c(C(C)(C)C)c([2H])c3c5c([2H])c(C(C)(C)C)c([2H])c([2H])c5n-4c23)c([2H])c1[2H]. The van der Waals surface area contributed by atoms with Gasteiger partial charge in [-0.3, -0.25) is 0 Å². The van der Waals surface area contributed by atoms with Crippen molar-refractivity contribution >= 4 is 112 Å². The standard InChI is InChI=1S/C59H43BN4O2/c1-58(2,3)36-20-23-45-41(28-36)42-29-37(59(4,5)6)30-49-54(42)63(45)46-17-12-16-44-56(46)64(49)48-26-33(32-61)25-47-53(48)60(44)57-55(43-27-35(19-24-51(43)66-57)34-13-8-7-9-14-34)62(47)38-21-22-40-39-15-10-11-18-50(39)65-52(40)31-38/h7-31H,1-6H3/i7D,8D,9D,10D,11D,12D,13D,14D,15D,16D,17D,18D,19D,20D,21D,22D,23D,24D,25D,26D,27D,28D,29D,30D,31D. The van der Waals surface area contributed by atoms with E-state index in [0.717, 1.165) is 4.90 Å². The minimum atomic E-state index is -1.87. The summed E-state index contributed by atoms with van der Waals surface area (Å²) in [6, 6.07) is -16.6. The smallest absolute Gasteiger partial charge is 0.297 e. The summed E-state index contributed by atoms with van der Waals surface area (Å²) in [5.74, 6) is 0. The summed E-state index contributed by atoms with van der Waals surface area (Å²) in [6.07, 6.45) is 0. The van der Waals surface area contributed by atoms with Gasteiger partial charge in [-0.05, 0) is 117 Å². The summed E-state index contributed by atoms with van der Waals surface area (Å²) in [7, 11) is 0. The summed E-state index contributed by atoms with van der Waals surface area (Å²) < 4.78 is 252. The average molecular weight is 876 g/mol. The van der Waals surface area contributed by atoms with Crippen LogP contribution >= 0.6 is 0 Å². The number of nitrogens with zero attached hydrogens (tertiary/aromatic N) is 4. The Morgan fingerprint density at radius 3 is 2.08 bits per heavy atom. The zero-order valence-electron chi connectivity index (χ0n) is 60.7. The molecule has 0 bridgehead atoms. The Morgan fingerprint density at radius 2 is 1.27 bits per heavy atom. The van der Waals surface area contributed by atoms with Crippen LogP contribution in [0.15, 0.2) is 160 Å². The zero-order chi connectivity index (χ0) is 66.3. The normalized spacial score (nSPS) is 19.1. The lowest BCUT2D eigenvalue weighted by Gasteiger charge is -2.45. The molecule has 0 unspecified atom stereocenters. The van der Waals surface area contributed by atoms with Crippen molar-refractivity contribution in [3.63, 3.8) is 0 Å². The first-order chi connectivity index (χ1) is 42.4. The van der Waals surface area contributed by atoms with E-state index in [2.05, 4.69) is 0 Å². The van der Waals surface area contributed by atoms with Gasteiger partial charge in [0.05, 0.1) is 85.3 Å². The van der Waals surface area contributed by atoms with Crippen LogP contribution in [-0.4, -0.2) is 11.3 Å². The molecule has 3 aliphatic heterocycles. The summed E-state index contributed by atoms with van der Waals surface area (Å²) in [5, 5.41) is 9.92. The van der Waals surface area contributed by atoms with Crippen molar-refractivity contribution in [2.24, 2.45) is 0 Å². The van der Waals surface area contributed by atoms with Crippen LogP contribution in [-0.2, 0) is 10.8 Å². The Hall–Kier alpha value is -7.95. The third-order valence-corrected chi connectivity index (χ3v) is 12.4. The molecule has 0 aliphatic carbocycles. The maximum Gasteiger partial charge on any atom is 0.297 e. The van der Waals surface area contributed by atoms with Gasteiger partial charge in [-0.1, -0.05) is 114 Å². The Balaban J connectivity index is 1.27. The van der Waals surface area contributed by atoms with Crippen LogP contribution in [0.4, 0.5) is 34.1 Å². The number of anilines is 6. The summed E-state index contributed by atoms with van der Waals surface area (Å²) in [5.41, 5.74) is -10.7. The second-order valence-electron chi connectivity index (χ2n) is 18.4. The van der Waals surface area contributed by atoms with E-state index in [1.807, 2.05) is 6.07 Å². The maximum atomic E-state index is 11.4. The van der Waals surface area contributed by atoms with Gasteiger partial charge in [0.2, 0.25) is 0 Å². The number of rotatable bonds is 2. The molecular weight excluding hydrogens is 807 g/mol. The van der Waals surface area contributed by atoms with Crippen LogP contribution in [0.2, 0.25) is 0 Å². The van der Waals surface area contributed by atoms with Crippen LogP contribution in [0.1, 0.15) is 92.5 Å². The van der Waals surface area contributed by atoms with Gasteiger partial charge in [-0.15, -0.1) is 0 Å². The van der Waals surface area contributed by atoms with Crippen LogP contribution in [0.5, 0.6) is 0 Å². The number of aromatic nitrogens is 1. The van der Waals surface area contributed by atoms with E-state index in [1.54, 1.807) is 41.5 Å². The van der Waals surface area contributed by atoms with Gasteiger partial charge in [-0.25, -0.2) is 0 Å². The zero-order valence-corrected chi connectivity index (χ0v) is 35.7.